The molecule has 1 unspecified atom stereocenters. The van der Waals surface area contributed by atoms with Gasteiger partial charge in [0.05, 0.1) is 12.1 Å². The van der Waals surface area contributed by atoms with Gasteiger partial charge >= 0.3 is 12.0 Å². The summed E-state index contributed by atoms with van der Waals surface area (Å²) in [6, 6.07) is -0.227. The van der Waals surface area contributed by atoms with Crippen molar-refractivity contribution in [2.24, 2.45) is 11.8 Å². The van der Waals surface area contributed by atoms with Crippen LogP contribution < -0.4 is 5.32 Å². The van der Waals surface area contributed by atoms with Gasteiger partial charge in [-0.15, -0.1) is 0 Å². The highest BCUT2D eigenvalue weighted by atomic mass is 16.4. The van der Waals surface area contributed by atoms with Crippen molar-refractivity contribution in [3.8, 4) is 0 Å². The van der Waals surface area contributed by atoms with Gasteiger partial charge in [-0.2, -0.15) is 0 Å². The number of carbonyl (C=O) groups excluding carboxylic acids is 1. The Morgan fingerprint density at radius 3 is 2.24 bits per heavy atom. The second-order valence-corrected chi connectivity index (χ2v) is 6.49. The summed E-state index contributed by atoms with van der Waals surface area (Å²) < 4.78 is 0. The molecule has 0 saturated carbocycles. The number of carboxylic acids is 1. The molecule has 0 aliphatic rings. The Hall–Kier alpha value is -1.30. The molecule has 0 heterocycles. The van der Waals surface area contributed by atoms with Gasteiger partial charge in [0.15, 0.2) is 0 Å². The van der Waals surface area contributed by atoms with Crippen LogP contribution in [-0.4, -0.2) is 52.9 Å². The van der Waals surface area contributed by atoms with E-state index in [1.165, 1.54) is 4.90 Å². The monoisotopic (exact) mass is 302 g/mol. The van der Waals surface area contributed by atoms with E-state index in [1.54, 1.807) is 20.9 Å². The first-order chi connectivity index (χ1) is 9.61. The highest BCUT2D eigenvalue weighted by Gasteiger charge is 2.26. The summed E-state index contributed by atoms with van der Waals surface area (Å²) in [4.78, 5) is 24.1. The largest absolute Gasteiger partial charge is 0.481 e. The lowest BCUT2D eigenvalue weighted by atomic mass is 9.88. The summed E-state index contributed by atoms with van der Waals surface area (Å²) in [5.74, 6) is -0.125. The summed E-state index contributed by atoms with van der Waals surface area (Å²) in [6.07, 6.45) is 1.54. The predicted octanol–water partition coefficient (Wildman–Crippen LogP) is 1.93. The Kier molecular flexibility index (Phi) is 8.32. The normalized spacial score (nSPS) is 13.1. The van der Waals surface area contributed by atoms with Crippen molar-refractivity contribution in [3.63, 3.8) is 0 Å². The quantitative estimate of drug-likeness (QED) is 0.607. The van der Waals surface area contributed by atoms with Crippen LogP contribution in [0.5, 0.6) is 0 Å². The number of aliphatic hydroxyl groups is 1. The average molecular weight is 302 g/mol. The SMILES string of the molecule is CC(C)C(CCNC(=O)N(C)C(C)(C)CO)CCC(=O)O. The van der Waals surface area contributed by atoms with Gasteiger partial charge in [0, 0.05) is 20.0 Å². The molecule has 0 saturated heterocycles. The molecule has 0 rings (SSSR count). The van der Waals surface area contributed by atoms with Crippen LogP contribution in [-0.2, 0) is 4.79 Å². The number of aliphatic carboxylic acids is 1. The molecule has 0 fully saturated rings. The molecule has 124 valence electrons. The maximum atomic E-state index is 12.0. The Morgan fingerprint density at radius 2 is 1.81 bits per heavy atom. The van der Waals surface area contributed by atoms with E-state index < -0.39 is 11.5 Å². The van der Waals surface area contributed by atoms with E-state index in [4.69, 9.17) is 5.11 Å². The summed E-state index contributed by atoms with van der Waals surface area (Å²) in [5, 5.41) is 20.8. The van der Waals surface area contributed by atoms with Gasteiger partial charge in [-0.1, -0.05) is 13.8 Å². The number of hydrogen-bond acceptors (Lipinski definition) is 3. The zero-order valence-electron chi connectivity index (χ0n) is 13.8. The van der Waals surface area contributed by atoms with Gasteiger partial charge in [0.1, 0.15) is 0 Å². The van der Waals surface area contributed by atoms with Crippen molar-refractivity contribution in [1.82, 2.24) is 10.2 Å². The molecule has 21 heavy (non-hydrogen) atoms. The zero-order valence-corrected chi connectivity index (χ0v) is 13.8. The van der Waals surface area contributed by atoms with Crippen molar-refractivity contribution < 1.29 is 19.8 Å². The lowest BCUT2D eigenvalue weighted by Crippen LogP contribution is -2.51. The Morgan fingerprint density at radius 1 is 1.24 bits per heavy atom. The van der Waals surface area contributed by atoms with E-state index in [2.05, 4.69) is 19.2 Å². The lowest BCUT2D eigenvalue weighted by molar-refractivity contribution is -0.137. The van der Waals surface area contributed by atoms with Crippen molar-refractivity contribution in [3.05, 3.63) is 0 Å². The molecule has 0 aromatic heterocycles. The molecular weight excluding hydrogens is 272 g/mol. The van der Waals surface area contributed by atoms with Crippen LogP contribution in [0.1, 0.15) is 47.0 Å². The number of nitrogens with zero attached hydrogens (tertiary/aromatic N) is 1. The molecule has 0 spiro atoms. The van der Waals surface area contributed by atoms with E-state index in [-0.39, 0.29) is 25.0 Å². The van der Waals surface area contributed by atoms with E-state index in [0.29, 0.717) is 18.9 Å². The van der Waals surface area contributed by atoms with Crippen molar-refractivity contribution >= 4 is 12.0 Å². The molecule has 1 atom stereocenters. The number of carboxylic acid groups (broad SMARTS) is 1. The molecule has 0 radical (unpaired) electrons. The molecule has 0 bridgehead atoms. The highest BCUT2D eigenvalue weighted by Crippen LogP contribution is 2.20. The predicted molar refractivity (Wildman–Crippen MR) is 82.1 cm³/mol. The fraction of sp³-hybridized carbons (Fsp3) is 0.867. The Labute approximate surface area is 127 Å². The third kappa shape index (κ3) is 7.32. The van der Waals surface area contributed by atoms with Gasteiger partial charge in [-0.25, -0.2) is 4.79 Å². The van der Waals surface area contributed by atoms with Crippen LogP contribution in [0.15, 0.2) is 0 Å². The number of aliphatic hydroxyl groups excluding tert-OH is 1. The minimum atomic E-state index is -0.783. The van der Waals surface area contributed by atoms with Crippen molar-refractivity contribution in [2.45, 2.75) is 52.5 Å². The lowest BCUT2D eigenvalue weighted by Gasteiger charge is -2.34. The minimum absolute atomic E-state index is 0.107. The summed E-state index contributed by atoms with van der Waals surface area (Å²) >= 11 is 0. The van der Waals surface area contributed by atoms with Crippen LogP contribution >= 0.6 is 0 Å². The number of carbonyl (C=O) groups is 2. The van der Waals surface area contributed by atoms with Crippen molar-refractivity contribution in [1.29, 1.82) is 0 Å². The molecule has 0 aliphatic carbocycles. The molecule has 2 amide bonds. The average Bonchev–Trinajstić information content (AvgIpc) is 2.40. The molecule has 6 nitrogen and oxygen atoms in total. The van der Waals surface area contributed by atoms with Gasteiger partial charge in [0.25, 0.3) is 0 Å². The van der Waals surface area contributed by atoms with E-state index in [1.807, 2.05) is 0 Å². The molecule has 3 N–H and O–H groups in total. The maximum absolute atomic E-state index is 12.0. The van der Waals surface area contributed by atoms with Crippen LogP contribution in [0.2, 0.25) is 0 Å². The number of likely N-dealkylation sites (N-methyl/N-ethyl adjacent to an activating group) is 1. The molecule has 6 heteroatoms. The van der Waals surface area contributed by atoms with Crippen LogP contribution in [0.3, 0.4) is 0 Å². The summed E-state index contributed by atoms with van der Waals surface area (Å²) in [7, 11) is 1.65. The number of nitrogens with one attached hydrogen (secondary N) is 1. The van der Waals surface area contributed by atoms with Gasteiger partial charge in [-0.05, 0) is 38.5 Å². The van der Waals surface area contributed by atoms with Crippen LogP contribution in [0.4, 0.5) is 4.79 Å². The summed E-state index contributed by atoms with van der Waals surface area (Å²) in [5.41, 5.74) is -0.606. The Bertz CT molecular complexity index is 343. The molecule has 0 aliphatic heterocycles. The number of hydrogen-bond donors (Lipinski definition) is 3. The van der Waals surface area contributed by atoms with Crippen molar-refractivity contribution in [2.75, 3.05) is 20.2 Å². The standard InChI is InChI=1S/C15H30N2O4/c1-11(2)12(6-7-13(19)20)8-9-16-14(21)17(5)15(3,4)10-18/h11-12,18H,6-10H2,1-5H3,(H,16,21)(H,19,20). The smallest absolute Gasteiger partial charge is 0.317 e. The summed E-state index contributed by atoms with van der Waals surface area (Å²) in [6.45, 7) is 8.11. The number of urea groups is 1. The maximum Gasteiger partial charge on any atom is 0.317 e. The second kappa shape index (κ2) is 8.87. The van der Waals surface area contributed by atoms with Gasteiger partial charge in [0.2, 0.25) is 0 Å². The Balaban J connectivity index is 4.25. The van der Waals surface area contributed by atoms with Crippen LogP contribution in [0, 0.1) is 11.8 Å². The topological polar surface area (TPSA) is 89.9 Å². The van der Waals surface area contributed by atoms with E-state index in [9.17, 15) is 14.7 Å². The number of amides is 2. The third-order valence-electron chi connectivity index (χ3n) is 4.06. The molecule has 0 aromatic rings. The second-order valence-electron chi connectivity index (χ2n) is 6.49. The van der Waals surface area contributed by atoms with Gasteiger partial charge in [-0.3, -0.25) is 4.79 Å². The first-order valence-corrected chi connectivity index (χ1v) is 7.46. The first kappa shape index (κ1) is 19.7. The van der Waals surface area contributed by atoms with E-state index in [0.717, 1.165) is 6.42 Å². The fourth-order valence-corrected chi connectivity index (χ4v) is 1.98. The third-order valence-corrected chi connectivity index (χ3v) is 4.06. The zero-order chi connectivity index (χ0) is 16.6. The minimum Gasteiger partial charge on any atom is -0.481 e. The first-order valence-electron chi connectivity index (χ1n) is 7.46. The van der Waals surface area contributed by atoms with Crippen LogP contribution in [0.25, 0.3) is 0 Å². The highest BCUT2D eigenvalue weighted by molar-refractivity contribution is 5.74. The molecular formula is C15H30N2O4. The van der Waals surface area contributed by atoms with Gasteiger partial charge < -0.3 is 20.4 Å². The molecule has 0 aromatic carbocycles. The fourth-order valence-electron chi connectivity index (χ4n) is 1.98. The van der Waals surface area contributed by atoms with E-state index >= 15 is 0 Å². The number of rotatable bonds is 9.